The summed E-state index contributed by atoms with van der Waals surface area (Å²) in [4.78, 5) is 29.8. The van der Waals surface area contributed by atoms with Crippen molar-refractivity contribution in [3.8, 4) is 17.0 Å². The number of benzene rings is 1. The molecule has 3 aromatic rings. The fourth-order valence-electron chi connectivity index (χ4n) is 3.33. The van der Waals surface area contributed by atoms with E-state index in [4.69, 9.17) is 14.5 Å². The van der Waals surface area contributed by atoms with Crippen molar-refractivity contribution in [2.75, 3.05) is 13.2 Å². The first-order valence-electron chi connectivity index (χ1n) is 9.26. The Kier molecular flexibility index (Phi) is 5.84. The predicted octanol–water partition coefficient (Wildman–Crippen LogP) is 4.30. The van der Waals surface area contributed by atoms with Crippen LogP contribution in [0.3, 0.4) is 0 Å². The zero-order chi connectivity index (χ0) is 20.4. The number of imidazole rings is 1. The Bertz CT molecular complexity index is 1050. The van der Waals surface area contributed by atoms with E-state index in [1.165, 1.54) is 11.3 Å². The molecule has 148 valence electrons. The maximum absolute atomic E-state index is 11.9. The minimum absolute atomic E-state index is 0.176. The van der Waals surface area contributed by atoms with E-state index >= 15 is 0 Å². The summed E-state index contributed by atoms with van der Waals surface area (Å²) in [7, 11) is 0. The molecule has 0 spiro atoms. The minimum Gasteiger partial charge on any atom is -0.493 e. The first kappa shape index (κ1) is 20.1. The Hall–Kier alpha value is -2.67. The van der Waals surface area contributed by atoms with Crippen molar-refractivity contribution in [1.29, 1.82) is 0 Å². The highest BCUT2D eigenvalue weighted by Crippen LogP contribution is 2.36. The highest BCUT2D eigenvalue weighted by atomic mass is 32.1. The SMILES string of the molecule is CCOC(=O)Cc1cn2c(C=O)c(-c3cc(C)c(OCC)c(C)c3C)nc2s1. The first-order chi connectivity index (χ1) is 13.4. The maximum Gasteiger partial charge on any atom is 0.311 e. The lowest BCUT2D eigenvalue weighted by atomic mass is 9.96. The molecule has 0 unspecified atom stereocenters. The number of carbonyl (C=O) groups is 2. The van der Waals surface area contributed by atoms with Crippen LogP contribution in [0, 0.1) is 20.8 Å². The van der Waals surface area contributed by atoms with Gasteiger partial charge in [0.2, 0.25) is 0 Å². The second-order valence-electron chi connectivity index (χ2n) is 6.55. The van der Waals surface area contributed by atoms with Crippen LogP contribution in [-0.2, 0) is 16.0 Å². The van der Waals surface area contributed by atoms with Crippen LogP contribution >= 0.6 is 11.3 Å². The fourth-order valence-corrected chi connectivity index (χ4v) is 4.29. The molecule has 0 aliphatic rings. The molecule has 0 radical (unpaired) electrons. The van der Waals surface area contributed by atoms with Gasteiger partial charge in [-0.25, -0.2) is 4.98 Å². The van der Waals surface area contributed by atoms with Crippen LogP contribution in [0.4, 0.5) is 0 Å². The number of rotatable bonds is 7. The Morgan fingerprint density at radius 1 is 1.21 bits per heavy atom. The Labute approximate surface area is 168 Å². The Morgan fingerprint density at radius 2 is 1.96 bits per heavy atom. The molecule has 0 aliphatic heterocycles. The highest BCUT2D eigenvalue weighted by Gasteiger charge is 2.21. The molecule has 3 rings (SSSR count). The van der Waals surface area contributed by atoms with Gasteiger partial charge >= 0.3 is 5.97 Å². The summed E-state index contributed by atoms with van der Waals surface area (Å²) in [6.07, 6.45) is 2.79. The molecule has 0 bridgehead atoms. The van der Waals surface area contributed by atoms with Gasteiger partial charge in [0.15, 0.2) is 11.2 Å². The molecule has 0 amide bonds. The van der Waals surface area contributed by atoms with Crippen molar-refractivity contribution in [3.63, 3.8) is 0 Å². The zero-order valence-electron chi connectivity index (χ0n) is 16.8. The summed E-state index contributed by atoms with van der Waals surface area (Å²) >= 11 is 1.39. The molecule has 0 fully saturated rings. The van der Waals surface area contributed by atoms with Crippen LogP contribution in [0.5, 0.6) is 5.75 Å². The van der Waals surface area contributed by atoms with Gasteiger partial charge in [0.1, 0.15) is 17.1 Å². The van der Waals surface area contributed by atoms with Crippen LogP contribution < -0.4 is 4.74 Å². The van der Waals surface area contributed by atoms with Crippen LogP contribution in [-0.4, -0.2) is 34.9 Å². The number of thiazole rings is 1. The molecule has 2 aromatic heterocycles. The van der Waals surface area contributed by atoms with Gasteiger partial charge in [-0.1, -0.05) is 0 Å². The predicted molar refractivity (Wildman–Crippen MR) is 110 cm³/mol. The van der Waals surface area contributed by atoms with Crippen molar-refractivity contribution >= 4 is 28.6 Å². The van der Waals surface area contributed by atoms with Gasteiger partial charge in [0.25, 0.3) is 0 Å². The molecule has 0 saturated heterocycles. The number of nitrogens with zero attached hydrogens (tertiary/aromatic N) is 2. The topological polar surface area (TPSA) is 69.9 Å². The van der Waals surface area contributed by atoms with Gasteiger partial charge in [-0.2, -0.15) is 0 Å². The van der Waals surface area contributed by atoms with E-state index in [0.717, 1.165) is 39.2 Å². The molecule has 0 aliphatic carbocycles. The minimum atomic E-state index is -0.284. The maximum atomic E-state index is 11.9. The molecule has 0 atom stereocenters. The molecule has 1 aromatic carbocycles. The molecule has 7 heteroatoms. The normalized spacial score (nSPS) is 11.0. The van der Waals surface area contributed by atoms with Gasteiger partial charge in [0.05, 0.1) is 19.6 Å². The molecule has 0 N–H and O–H groups in total. The van der Waals surface area contributed by atoms with Crippen LogP contribution in [0.1, 0.15) is 45.9 Å². The number of hydrogen-bond acceptors (Lipinski definition) is 6. The Morgan fingerprint density at radius 3 is 2.61 bits per heavy atom. The summed E-state index contributed by atoms with van der Waals surface area (Å²) in [6, 6.07) is 2.02. The average molecular weight is 401 g/mol. The number of aryl methyl sites for hydroxylation is 1. The van der Waals surface area contributed by atoms with Gasteiger partial charge in [0, 0.05) is 16.6 Å². The molecule has 6 nitrogen and oxygen atoms in total. The van der Waals surface area contributed by atoms with Crippen LogP contribution in [0.25, 0.3) is 16.2 Å². The third-order valence-electron chi connectivity index (χ3n) is 4.72. The lowest BCUT2D eigenvalue weighted by Gasteiger charge is -2.16. The third-order valence-corrected chi connectivity index (χ3v) is 5.70. The summed E-state index contributed by atoms with van der Waals surface area (Å²) in [6.45, 7) is 10.7. The number of aldehydes is 1. The lowest BCUT2D eigenvalue weighted by molar-refractivity contribution is -0.142. The van der Waals surface area contributed by atoms with Crippen molar-refractivity contribution in [2.45, 2.75) is 41.0 Å². The van der Waals surface area contributed by atoms with Crippen molar-refractivity contribution in [1.82, 2.24) is 9.38 Å². The first-order valence-corrected chi connectivity index (χ1v) is 10.1. The average Bonchev–Trinajstić information content (AvgIpc) is 3.18. The van der Waals surface area contributed by atoms with Crippen molar-refractivity contribution in [2.24, 2.45) is 0 Å². The van der Waals surface area contributed by atoms with Gasteiger partial charge in [-0.3, -0.25) is 14.0 Å². The van der Waals surface area contributed by atoms with E-state index in [0.29, 0.717) is 29.6 Å². The number of aromatic nitrogens is 2. The lowest BCUT2D eigenvalue weighted by Crippen LogP contribution is -2.06. The number of ether oxygens (including phenoxy) is 2. The smallest absolute Gasteiger partial charge is 0.311 e. The van der Waals surface area contributed by atoms with E-state index in [1.807, 2.05) is 33.8 Å². The zero-order valence-corrected chi connectivity index (χ0v) is 17.6. The van der Waals surface area contributed by atoms with E-state index in [9.17, 15) is 9.59 Å². The van der Waals surface area contributed by atoms with E-state index in [-0.39, 0.29) is 12.4 Å². The largest absolute Gasteiger partial charge is 0.493 e. The summed E-state index contributed by atoms with van der Waals surface area (Å²) < 4.78 is 12.5. The monoisotopic (exact) mass is 400 g/mol. The quantitative estimate of drug-likeness (QED) is 0.437. The standard InChI is InChI=1S/C21H24N2O4S/c1-6-26-18(25)9-15-10-23-17(11-24)19(22-21(23)28-15)16-8-12(3)20(27-7-2)14(5)13(16)4/h8,10-11H,6-7,9H2,1-5H3. The fraction of sp³-hybridized carbons (Fsp3) is 0.381. The van der Waals surface area contributed by atoms with Crippen LogP contribution in [0.2, 0.25) is 0 Å². The number of carbonyl (C=O) groups excluding carboxylic acids is 2. The van der Waals surface area contributed by atoms with Crippen molar-refractivity contribution in [3.05, 3.63) is 39.5 Å². The molecule has 0 saturated carbocycles. The van der Waals surface area contributed by atoms with Gasteiger partial charge < -0.3 is 9.47 Å². The molecular weight excluding hydrogens is 376 g/mol. The Balaban J connectivity index is 2.08. The second-order valence-corrected chi connectivity index (χ2v) is 7.64. The number of esters is 1. The highest BCUT2D eigenvalue weighted by molar-refractivity contribution is 7.17. The molecule has 2 heterocycles. The van der Waals surface area contributed by atoms with Crippen LogP contribution in [0.15, 0.2) is 12.3 Å². The molecular formula is C21H24N2O4S. The van der Waals surface area contributed by atoms with E-state index in [2.05, 4.69) is 0 Å². The number of hydrogen-bond donors (Lipinski definition) is 0. The van der Waals surface area contributed by atoms with Crippen molar-refractivity contribution < 1.29 is 19.1 Å². The number of fused-ring (bicyclic) bond motifs is 1. The van der Waals surface area contributed by atoms with Gasteiger partial charge in [-0.15, -0.1) is 11.3 Å². The second kappa shape index (κ2) is 8.14. The van der Waals surface area contributed by atoms with E-state index in [1.54, 1.807) is 17.5 Å². The summed E-state index contributed by atoms with van der Waals surface area (Å²) in [5.41, 5.74) is 5.14. The van der Waals surface area contributed by atoms with Gasteiger partial charge in [-0.05, 0) is 57.4 Å². The van der Waals surface area contributed by atoms with E-state index < -0.39 is 0 Å². The summed E-state index contributed by atoms with van der Waals surface area (Å²) in [5.74, 6) is 0.600. The third kappa shape index (κ3) is 3.54. The molecule has 28 heavy (non-hydrogen) atoms. The summed E-state index contributed by atoms with van der Waals surface area (Å²) in [5, 5.41) is 0.